The fourth-order valence-electron chi connectivity index (χ4n) is 2.86. The maximum Gasteiger partial charge on any atom is 0.229 e. The smallest absolute Gasteiger partial charge is 0.229 e. The number of rotatable bonds is 3. The molecule has 2 amide bonds. The van der Waals surface area contributed by atoms with Gasteiger partial charge in [0.25, 0.3) is 0 Å². The van der Waals surface area contributed by atoms with Crippen molar-refractivity contribution in [3.8, 4) is 6.07 Å². The highest BCUT2D eigenvalue weighted by Gasteiger charge is 2.26. The molecule has 2 aromatic rings. The lowest BCUT2D eigenvalue weighted by Crippen LogP contribution is -2.33. The number of nitriles is 1. The summed E-state index contributed by atoms with van der Waals surface area (Å²) in [4.78, 5) is 26.6. The number of nitrogens with zero attached hydrogens (tertiary/aromatic N) is 2. The summed E-state index contributed by atoms with van der Waals surface area (Å²) >= 11 is 7.46. The number of hydrogen-bond acceptors (Lipinski definition) is 4. The molecule has 0 saturated heterocycles. The third-order valence-electron chi connectivity index (χ3n) is 4.18. The van der Waals surface area contributed by atoms with E-state index in [2.05, 4.69) is 11.4 Å². The van der Waals surface area contributed by atoms with Gasteiger partial charge in [-0.05, 0) is 23.6 Å². The van der Waals surface area contributed by atoms with E-state index in [-0.39, 0.29) is 18.2 Å². The molecule has 0 atom stereocenters. The highest BCUT2D eigenvalue weighted by atomic mass is 35.5. The van der Waals surface area contributed by atoms with Gasteiger partial charge >= 0.3 is 0 Å². The second-order valence-electron chi connectivity index (χ2n) is 5.83. The van der Waals surface area contributed by atoms with E-state index in [1.807, 2.05) is 12.1 Å². The fourth-order valence-corrected chi connectivity index (χ4v) is 4.30. The molecule has 0 aliphatic carbocycles. The number of nitrogens with one attached hydrogen (secondary N) is 1. The molecule has 5 nitrogen and oxygen atoms in total. The Morgan fingerprint density at radius 1 is 1.40 bits per heavy atom. The predicted octanol–water partition coefficient (Wildman–Crippen LogP) is 3.36. The van der Waals surface area contributed by atoms with Gasteiger partial charge in [-0.2, -0.15) is 5.26 Å². The number of benzene rings is 1. The number of carbonyl (C=O) groups excluding carboxylic acids is 2. The Morgan fingerprint density at radius 3 is 2.84 bits per heavy atom. The van der Waals surface area contributed by atoms with E-state index in [9.17, 15) is 14.9 Å². The van der Waals surface area contributed by atoms with Crippen LogP contribution < -0.4 is 5.32 Å². The largest absolute Gasteiger partial charge is 0.337 e. The average molecular weight is 374 g/mol. The SMILES string of the molecule is CC(=O)N1CCc2c(sc(NC(=O)Cc3ccccc3Cl)c2C#N)C1. The van der Waals surface area contributed by atoms with Crippen molar-refractivity contribution >= 4 is 39.8 Å². The first-order chi connectivity index (χ1) is 12.0. The van der Waals surface area contributed by atoms with Crippen LogP contribution >= 0.6 is 22.9 Å². The number of carbonyl (C=O) groups is 2. The Labute approximate surface area is 154 Å². The highest BCUT2D eigenvalue weighted by Crippen LogP contribution is 2.36. The van der Waals surface area contributed by atoms with E-state index in [4.69, 9.17) is 11.6 Å². The summed E-state index contributed by atoms with van der Waals surface area (Å²) < 4.78 is 0. The average Bonchev–Trinajstić information content (AvgIpc) is 2.92. The number of amides is 2. The van der Waals surface area contributed by atoms with Crippen LogP contribution in [0.25, 0.3) is 0 Å². The van der Waals surface area contributed by atoms with E-state index < -0.39 is 0 Å². The summed E-state index contributed by atoms with van der Waals surface area (Å²) in [5, 5.41) is 13.4. The number of anilines is 1. The number of hydrogen-bond donors (Lipinski definition) is 1. The lowest BCUT2D eigenvalue weighted by atomic mass is 10.0. The van der Waals surface area contributed by atoms with Crippen molar-refractivity contribution in [2.45, 2.75) is 26.3 Å². The van der Waals surface area contributed by atoms with E-state index in [1.165, 1.54) is 18.3 Å². The number of halogens is 1. The van der Waals surface area contributed by atoms with Gasteiger partial charge in [0.1, 0.15) is 11.1 Å². The molecule has 1 aromatic carbocycles. The molecule has 0 spiro atoms. The summed E-state index contributed by atoms with van der Waals surface area (Å²) in [5.74, 6) is -0.200. The van der Waals surface area contributed by atoms with E-state index in [0.717, 1.165) is 16.0 Å². The first-order valence-corrected chi connectivity index (χ1v) is 9.02. The van der Waals surface area contributed by atoms with Gasteiger partial charge in [0.15, 0.2) is 0 Å². The molecular formula is C18H16ClN3O2S. The van der Waals surface area contributed by atoms with Gasteiger partial charge in [0.05, 0.1) is 18.5 Å². The minimum absolute atomic E-state index is 0.0156. The zero-order valence-corrected chi connectivity index (χ0v) is 15.2. The van der Waals surface area contributed by atoms with Crippen molar-refractivity contribution in [3.05, 3.63) is 50.9 Å². The first-order valence-electron chi connectivity index (χ1n) is 7.83. The van der Waals surface area contributed by atoms with Crippen LogP contribution in [0.3, 0.4) is 0 Å². The Kier molecular flexibility index (Phi) is 5.07. The minimum Gasteiger partial charge on any atom is -0.337 e. The molecule has 0 fully saturated rings. The molecule has 1 aromatic heterocycles. The van der Waals surface area contributed by atoms with Crippen LogP contribution in [0.2, 0.25) is 5.02 Å². The first kappa shape index (κ1) is 17.5. The lowest BCUT2D eigenvalue weighted by molar-refractivity contribution is -0.129. The second kappa shape index (κ2) is 7.26. The van der Waals surface area contributed by atoms with Crippen LogP contribution in [-0.4, -0.2) is 23.3 Å². The van der Waals surface area contributed by atoms with Crippen LogP contribution in [-0.2, 0) is 29.0 Å². The van der Waals surface area contributed by atoms with Crippen LogP contribution in [0.15, 0.2) is 24.3 Å². The molecule has 0 unspecified atom stereocenters. The van der Waals surface area contributed by atoms with Crippen LogP contribution in [0, 0.1) is 11.3 Å². The zero-order chi connectivity index (χ0) is 18.0. The Bertz CT molecular complexity index is 885. The van der Waals surface area contributed by atoms with Crippen molar-refractivity contribution < 1.29 is 9.59 Å². The van der Waals surface area contributed by atoms with Crippen LogP contribution in [0.5, 0.6) is 0 Å². The Hall–Kier alpha value is -2.36. The maximum atomic E-state index is 12.4. The quantitative estimate of drug-likeness (QED) is 0.896. The summed E-state index contributed by atoms with van der Waals surface area (Å²) in [6.45, 7) is 2.63. The standard InChI is InChI=1S/C18H16ClN3O2S/c1-11(23)22-7-6-13-14(9-20)18(25-16(13)10-22)21-17(24)8-12-4-2-3-5-15(12)19/h2-5H,6-8,10H2,1H3,(H,21,24). The normalized spacial score (nSPS) is 13.1. The molecule has 25 heavy (non-hydrogen) atoms. The molecule has 0 saturated carbocycles. The van der Waals surface area contributed by atoms with Crippen LogP contribution in [0.1, 0.15) is 28.5 Å². The monoisotopic (exact) mass is 373 g/mol. The third-order valence-corrected chi connectivity index (χ3v) is 5.68. The third kappa shape index (κ3) is 3.68. The van der Waals surface area contributed by atoms with E-state index >= 15 is 0 Å². The van der Waals surface area contributed by atoms with Crippen molar-refractivity contribution in [2.24, 2.45) is 0 Å². The summed E-state index contributed by atoms with van der Waals surface area (Å²) in [5.41, 5.74) is 2.19. The Morgan fingerprint density at radius 2 is 2.16 bits per heavy atom. The summed E-state index contributed by atoms with van der Waals surface area (Å²) in [7, 11) is 0. The molecule has 128 valence electrons. The minimum atomic E-state index is -0.216. The van der Waals surface area contributed by atoms with Gasteiger partial charge in [-0.25, -0.2) is 0 Å². The molecule has 0 radical (unpaired) electrons. The van der Waals surface area contributed by atoms with E-state index in [0.29, 0.717) is 35.1 Å². The molecular weight excluding hydrogens is 358 g/mol. The summed E-state index contributed by atoms with van der Waals surface area (Å²) in [6, 6.07) is 9.38. The van der Waals surface area contributed by atoms with Gasteiger partial charge in [0.2, 0.25) is 11.8 Å². The zero-order valence-electron chi connectivity index (χ0n) is 13.6. The van der Waals surface area contributed by atoms with Crippen molar-refractivity contribution in [2.75, 3.05) is 11.9 Å². The van der Waals surface area contributed by atoms with Gasteiger partial charge in [0, 0.05) is 23.4 Å². The van der Waals surface area contributed by atoms with E-state index in [1.54, 1.807) is 17.0 Å². The van der Waals surface area contributed by atoms with Crippen molar-refractivity contribution in [1.29, 1.82) is 5.26 Å². The maximum absolute atomic E-state index is 12.4. The number of fused-ring (bicyclic) bond motifs is 1. The Balaban J connectivity index is 1.79. The van der Waals surface area contributed by atoms with Crippen LogP contribution in [0.4, 0.5) is 5.00 Å². The molecule has 1 N–H and O–H groups in total. The predicted molar refractivity (Wildman–Crippen MR) is 97.6 cm³/mol. The van der Waals surface area contributed by atoms with Gasteiger partial charge in [-0.1, -0.05) is 29.8 Å². The lowest BCUT2D eigenvalue weighted by Gasteiger charge is -2.25. The van der Waals surface area contributed by atoms with Gasteiger partial charge in [-0.15, -0.1) is 11.3 Å². The van der Waals surface area contributed by atoms with Crippen molar-refractivity contribution in [1.82, 2.24) is 4.90 Å². The van der Waals surface area contributed by atoms with Gasteiger partial charge < -0.3 is 10.2 Å². The number of thiophene rings is 1. The molecule has 0 bridgehead atoms. The molecule has 1 aliphatic rings. The summed E-state index contributed by atoms with van der Waals surface area (Å²) in [6.07, 6.45) is 0.779. The highest BCUT2D eigenvalue weighted by molar-refractivity contribution is 7.16. The topological polar surface area (TPSA) is 73.2 Å². The molecule has 3 rings (SSSR count). The second-order valence-corrected chi connectivity index (χ2v) is 7.34. The molecule has 1 aliphatic heterocycles. The fraction of sp³-hybridized carbons (Fsp3) is 0.278. The molecule has 2 heterocycles. The van der Waals surface area contributed by atoms with Gasteiger partial charge in [-0.3, -0.25) is 9.59 Å². The van der Waals surface area contributed by atoms with Crippen molar-refractivity contribution in [3.63, 3.8) is 0 Å². The molecule has 7 heteroatoms.